The van der Waals surface area contributed by atoms with Crippen molar-refractivity contribution < 1.29 is 24.2 Å². The van der Waals surface area contributed by atoms with Crippen LogP contribution in [-0.2, 0) is 9.53 Å². The first-order chi connectivity index (χ1) is 16.4. The van der Waals surface area contributed by atoms with Crippen LogP contribution in [0.15, 0.2) is 78.9 Å². The average molecular weight is 456 g/mol. The third kappa shape index (κ3) is 4.99. The van der Waals surface area contributed by atoms with Crippen molar-refractivity contribution in [1.29, 1.82) is 0 Å². The smallest absolute Gasteiger partial charge is 0.407 e. The molecule has 7 heteroatoms. The van der Waals surface area contributed by atoms with E-state index >= 15 is 0 Å². The Balaban J connectivity index is 1.25. The predicted octanol–water partition coefficient (Wildman–Crippen LogP) is 4.73. The molecule has 0 unspecified atom stereocenters. The van der Waals surface area contributed by atoms with E-state index in [2.05, 4.69) is 34.9 Å². The van der Waals surface area contributed by atoms with Crippen LogP contribution in [0.3, 0.4) is 0 Å². The molecule has 0 radical (unpaired) electrons. The summed E-state index contributed by atoms with van der Waals surface area (Å²) in [6, 6.07) is 20.8. The number of ether oxygens (including phenoxy) is 1. The van der Waals surface area contributed by atoms with Crippen molar-refractivity contribution in [1.82, 2.24) is 5.32 Å². The van der Waals surface area contributed by atoms with Crippen molar-refractivity contribution in [2.45, 2.75) is 12.8 Å². The van der Waals surface area contributed by atoms with E-state index < -0.39 is 18.0 Å². The number of alkyl carbamates (subject to hydrolysis) is 1. The molecule has 1 aliphatic carbocycles. The fraction of sp³-hybridized carbons (Fsp3) is 0.148. The van der Waals surface area contributed by atoms with Gasteiger partial charge < -0.3 is 20.5 Å². The highest BCUT2D eigenvalue weighted by atomic mass is 16.5. The molecule has 7 nitrogen and oxygen atoms in total. The second kappa shape index (κ2) is 10.0. The minimum atomic E-state index is -1.02. The number of benzene rings is 3. The third-order valence-electron chi connectivity index (χ3n) is 5.70. The number of nitrogens with one attached hydrogen (secondary N) is 2. The molecular weight excluding hydrogens is 432 g/mol. The molecule has 0 aromatic heterocycles. The molecule has 0 heterocycles. The predicted molar refractivity (Wildman–Crippen MR) is 129 cm³/mol. The minimum Gasteiger partial charge on any atom is -0.478 e. The number of hydrogen-bond acceptors (Lipinski definition) is 4. The first-order valence-electron chi connectivity index (χ1n) is 10.8. The van der Waals surface area contributed by atoms with Crippen LogP contribution in [0.25, 0.3) is 11.1 Å². The molecule has 1 aliphatic rings. The summed E-state index contributed by atoms with van der Waals surface area (Å²) in [4.78, 5) is 35.3. The summed E-state index contributed by atoms with van der Waals surface area (Å²) in [6.45, 7) is 2.00. The molecule has 3 aromatic carbocycles. The summed E-state index contributed by atoms with van der Waals surface area (Å²) < 4.78 is 5.45. The lowest BCUT2D eigenvalue weighted by atomic mass is 9.98. The van der Waals surface area contributed by atoms with Gasteiger partial charge in [-0.3, -0.25) is 4.79 Å². The van der Waals surface area contributed by atoms with Crippen molar-refractivity contribution in [3.8, 4) is 11.1 Å². The molecule has 4 rings (SSSR count). The van der Waals surface area contributed by atoms with Crippen molar-refractivity contribution in [3.63, 3.8) is 0 Å². The van der Waals surface area contributed by atoms with E-state index in [4.69, 9.17) is 9.84 Å². The summed E-state index contributed by atoms with van der Waals surface area (Å²) in [5.41, 5.74) is 5.82. The number of fused-ring (bicyclic) bond motifs is 3. The van der Waals surface area contributed by atoms with E-state index in [1.165, 1.54) is 24.3 Å². The summed E-state index contributed by atoms with van der Waals surface area (Å²) in [7, 11) is 0. The molecule has 34 heavy (non-hydrogen) atoms. The number of carbonyl (C=O) groups is 3. The lowest BCUT2D eigenvalue weighted by Crippen LogP contribution is -2.26. The monoisotopic (exact) mass is 456 g/mol. The number of hydrogen-bond donors (Lipinski definition) is 3. The molecule has 172 valence electrons. The maximum Gasteiger partial charge on any atom is 0.407 e. The highest BCUT2D eigenvalue weighted by Gasteiger charge is 2.28. The lowest BCUT2D eigenvalue weighted by Gasteiger charge is -2.14. The van der Waals surface area contributed by atoms with Gasteiger partial charge in [0, 0.05) is 24.2 Å². The molecule has 0 atom stereocenters. The molecule has 0 fully saturated rings. The second-order valence-electron chi connectivity index (χ2n) is 7.93. The van der Waals surface area contributed by atoms with Crippen LogP contribution in [0.1, 0.15) is 33.0 Å². The topological polar surface area (TPSA) is 105 Å². The normalized spacial score (nSPS) is 12.1. The fourth-order valence-electron chi connectivity index (χ4n) is 4.12. The molecule has 0 saturated heterocycles. The van der Waals surface area contributed by atoms with E-state index in [1.54, 1.807) is 13.0 Å². The van der Waals surface area contributed by atoms with Gasteiger partial charge in [-0.05, 0) is 52.9 Å². The molecule has 0 bridgehead atoms. The Labute approximate surface area is 197 Å². The molecular formula is C27H24N2O5. The number of aryl methyl sites for hydroxylation is 1. The zero-order valence-corrected chi connectivity index (χ0v) is 18.6. The van der Waals surface area contributed by atoms with E-state index in [9.17, 15) is 14.4 Å². The molecule has 2 amide bonds. The first kappa shape index (κ1) is 22.8. The van der Waals surface area contributed by atoms with Gasteiger partial charge in [0.25, 0.3) is 0 Å². The van der Waals surface area contributed by atoms with Gasteiger partial charge >= 0.3 is 12.1 Å². The van der Waals surface area contributed by atoms with Crippen molar-refractivity contribution in [2.24, 2.45) is 0 Å². The van der Waals surface area contributed by atoms with E-state index in [1.807, 2.05) is 24.3 Å². The van der Waals surface area contributed by atoms with Gasteiger partial charge in [0.15, 0.2) is 0 Å². The van der Waals surface area contributed by atoms with Crippen molar-refractivity contribution in [3.05, 3.63) is 101 Å². The Morgan fingerprint density at radius 3 is 2.24 bits per heavy atom. The number of anilines is 1. The molecule has 0 aliphatic heterocycles. The van der Waals surface area contributed by atoms with Crippen LogP contribution < -0.4 is 10.6 Å². The standard InChI is InChI=1S/C27H24N2O5/c1-17-15-18(12-13-19(17)26(31)32)29-25(30)11-6-14-28-27(33)34-16-24-22-9-4-2-7-20(22)21-8-3-5-10-23(21)24/h2-13,15,24H,14,16H2,1H3,(H,28,33)(H,29,30)(H,31,32)/b11-6+. The molecule has 3 N–H and O–H groups in total. The SMILES string of the molecule is Cc1cc(NC(=O)/C=C/CNC(=O)OCC2c3ccccc3-c3ccccc32)ccc1C(=O)O. The molecule has 0 spiro atoms. The summed E-state index contributed by atoms with van der Waals surface area (Å²) in [6.07, 6.45) is 2.24. The van der Waals surface area contributed by atoms with Gasteiger partial charge in [-0.2, -0.15) is 0 Å². The van der Waals surface area contributed by atoms with E-state index in [-0.39, 0.29) is 24.6 Å². The van der Waals surface area contributed by atoms with E-state index in [0.717, 1.165) is 22.3 Å². The van der Waals surface area contributed by atoms with Crippen LogP contribution in [0.5, 0.6) is 0 Å². The number of rotatable bonds is 7. The maximum absolute atomic E-state index is 12.2. The number of carboxylic acids is 1. The first-order valence-corrected chi connectivity index (χ1v) is 10.8. The van der Waals surface area contributed by atoms with Gasteiger partial charge in [-0.25, -0.2) is 9.59 Å². The number of amides is 2. The summed E-state index contributed by atoms with van der Waals surface area (Å²) in [5, 5.41) is 14.3. The average Bonchev–Trinajstić information content (AvgIpc) is 3.14. The van der Waals surface area contributed by atoms with Crippen LogP contribution >= 0.6 is 0 Å². The van der Waals surface area contributed by atoms with Gasteiger partial charge in [0.1, 0.15) is 6.61 Å². The highest BCUT2D eigenvalue weighted by molar-refractivity contribution is 6.00. The second-order valence-corrected chi connectivity index (χ2v) is 7.93. The van der Waals surface area contributed by atoms with Crippen LogP contribution in [-0.4, -0.2) is 36.2 Å². The van der Waals surface area contributed by atoms with Crippen LogP contribution in [0.4, 0.5) is 10.5 Å². The molecule has 0 saturated carbocycles. The van der Waals surface area contributed by atoms with Gasteiger partial charge in [0.2, 0.25) is 5.91 Å². The van der Waals surface area contributed by atoms with Crippen molar-refractivity contribution >= 4 is 23.7 Å². The fourth-order valence-corrected chi connectivity index (χ4v) is 4.12. The van der Waals surface area contributed by atoms with E-state index in [0.29, 0.717) is 11.3 Å². The zero-order valence-electron chi connectivity index (χ0n) is 18.6. The number of aromatic carboxylic acids is 1. The number of carboxylic acid groups (broad SMARTS) is 1. The summed E-state index contributed by atoms with van der Waals surface area (Å²) >= 11 is 0. The Hall–Kier alpha value is -4.39. The minimum absolute atomic E-state index is 0.0181. The number of carbonyl (C=O) groups excluding carboxylic acids is 2. The lowest BCUT2D eigenvalue weighted by molar-refractivity contribution is -0.111. The zero-order chi connectivity index (χ0) is 24.1. The van der Waals surface area contributed by atoms with Gasteiger partial charge in [0.05, 0.1) is 5.56 Å². The molecule has 3 aromatic rings. The quantitative estimate of drug-likeness (QED) is 0.446. The Kier molecular flexibility index (Phi) is 6.73. The van der Waals surface area contributed by atoms with Crippen LogP contribution in [0.2, 0.25) is 0 Å². The highest BCUT2D eigenvalue weighted by Crippen LogP contribution is 2.44. The third-order valence-corrected chi connectivity index (χ3v) is 5.70. The maximum atomic E-state index is 12.2. The van der Waals surface area contributed by atoms with Gasteiger partial charge in [-0.15, -0.1) is 0 Å². The van der Waals surface area contributed by atoms with Crippen LogP contribution in [0, 0.1) is 6.92 Å². The van der Waals surface area contributed by atoms with Gasteiger partial charge in [-0.1, -0.05) is 54.6 Å². The summed E-state index contributed by atoms with van der Waals surface area (Å²) in [5.74, 6) is -1.43. The van der Waals surface area contributed by atoms with Crippen molar-refractivity contribution in [2.75, 3.05) is 18.5 Å². The Morgan fingerprint density at radius 2 is 1.62 bits per heavy atom. The Bertz CT molecular complexity index is 1240. The Morgan fingerprint density at radius 1 is 0.971 bits per heavy atom. The largest absolute Gasteiger partial charge is 0.478 e.